The third kappa shape index (κ3) is 4.14. The number of hydrogen-bond donors (Lipinski definition) is 0. The minimum Gasteiger partial charge on any atom is -0.466 e. The van der Waals surface area contributed by atoms with Crippen molar-refractivity contribution in [3.8, 4) is 0 Å². The smallest absolute Gasteiger partial charge is 0.309 e. The molecule has 8 heteroatoms. The van der Waals surface area contributed by atoms with Gasteiger partial charge in [-0.15, -0.1) is 0 Å². The lowest BCUT2D eigenvalue weighted by Gasteiger charge is -2.32. The van der Waals surface area contributed by atoms with Crippen LogP contribution in [0.15, 0.2) is 12.4 Å². The summed E-state index contributed by atoms with van der Waals surface area (Å²) in [4.78, 5) is 40.5. The zero-order valence-electron chi connectivity index (χ0n) is 16.3. The monoisotopic (exact) mass is 376 g/mol. The van der Waals surface area contributed by atoms with Gasteiger partial charge in [0, 0.05) is 38.3 Å². The minimum absolute atomic E-state index is 0.00408. The highest BCUT2D eigenvalue weighted by Crippen LogP contribution is 2.28. The number of rotatable bonds is 5. The molecule has 0 bridgehead atoms. The van der Waals surface area contributed by atoms with Gasteiger partial charge in [0.05, 0.1) is 30.3 Å². The molecule has 3 heterocycles. The number of carbonyl (C=O) groups excluding carboxylic acids is 3. The van der Waals surface area contributed by atoms with Gasteiger partial charge in [-0.25, -0.2) is 0 Å². The maximum absolute atomic E-state index is 12.8. The topological polar surface area (TPSA) is 84.7 Å². The largest absolute Gasteiger partial charge is 0.466 e. The Bertz CT molecular complexity index is 706. The molecule has 0 saturated carbocycles. The Hall–Kier alpha value is -2.38. The Morgan fingerprint density at radius 2 is 1.96 bits per heavy atom. The Kier molecular flexibility index (Phi) is 5.82. The molecule has 27 heavy (non-hydrogen) atoms. The second kappa shape index (κ2) is 8.10. The summed E-state index contributed by atoms with van der Waals surface area (Å²) in [5.41, 5.74) is 0.741. The molecule has 0 N–H and O–H groups in total. The van der Waals surface area contributed by atoms with E-state index in [4.69, 9.17) is 4.74 Å². The molecule has 2 amide bonds. The number of hydrogen-bond acceptors (Lipinski definition) is 5. The van der Waals surface area contributed by atoms with Gasteiger partial charge in [-0.2, -0.15) is 5.10 Å². The molecule has 2 aliphatic heterocycles. The van der Waals surface area contributed by atoms with Crippen LogP contribution in [0.2, 0.25) is 0 Å². The molecule has 1 atom stereocenters. The van der Waals surface area contributed by atoms with Crippen LogP contribution >= 0.6 is 0 Å². The molecule has 1 aromatic heterocycles. The normalized spacial score (nSPS) is 21.2. The number of amides is 2. The van der Waals surface area contributed by atoms with Crippen molar-refractivity contribution >= 4 is 23.5 Å². The molecule has 1 unspecified atom stereocenters. The van der Waals surface area contributed by atoms with E-state index in [1.807, 2.05) is 20.0 Å². The molecular weight excluding hydrogens is 348 g/mol. The van der Waals surface area contributed by atoms with E-state index in [1.54, 1.807) is 27.6 Å². The molecule has 0 radical (unpaired) electrons. The first-order valence-corrected chi connectivity index (χ1v) is 9.70. The molecule has 2 fully saturated rings. The van der Waals surface area contributed by atoms with Crippen molar-refractivity contribution in [2.75, 3.05) is 31.1 Å². The Morgan fingerprint density at radius 3 is 2.56 bits per heavy atom. The summed E-state index contributed by atoms with van der Waals surface area (Å²) >= 11 is 0. The highest BCUT2D eigenvalue weighted by molar-refractivity contribution is 6.00. The molecule has 148 valence electrons. The maximum atomic E-state index is 12.8. The molecule has 3 rings (SSSR count). The van der Waals surface area contributed by atoms with Crippen LogP contribution in [0.5, 0.6) is 0 Å². The van der Waals surface area contributed by atoms with Crippen LogP contribution in [0.1, 0.15) is 46.1 Å². The second-order valence-corrected chi connectivity index (χ2v) is 7.53. The summed E-state index contributed by atoms with van der Waals surface area (Å²) in [5, 5.41) is 4.28. The van der Waals surface area contributed by atoms with E-state index in [1.165, 1.54) is 0 Å². The third-order valence-electron chi connectivity index (χ3n) is 5.33. The fourth-order valence-electron chi connectivity index (χ4n) is 3.73. The molecule has 0 aromatic carbocycles. The van der Waals surface area contributed by atoms with Gasteiger partial charge in [-0.1, -0.05) is 0 Å². The standard InChI is InChI=1S/C19H28N4O4/c1-4-27-19(26)14-5-7-21(8-6-14)18(25)15-9-17(24)22(11-15)16-10-20-23(12-16)13(2)3/h10,12-15H,4-9,11H2,1-3H3. The predicted molar refractivity (Wildman–Crippen MR) is 99.0 cm³/mol. The van der Waals surface area contributed by atoms with Gasteiger partial charge in [-0.3, -0.25) is 19.1 Å². The fraction of sp³-hybridized carbons (Fsp3) is 0.684. The molecular formula is C19H28N4O4. The van der Waals surface area contributed by atoms with Crippen LogP contribution in [-0.2, 0) is 19.1 Å². The van der Waals surface area contributed by atoms with Gasteiger partial charge < -0.3 is 14.5 Å². The van der Waals surface area contributed by atoms with Crippen LogP contribution < -0.4 is 4.90 Å². The summed E-state index contributed by atoms with van der Waals surface area (Å²) in [7, 11) is 0. The summed E-state index contributed by atoms with van der Waals surface area (Å²) in [6.45, 7) is 7.69. The molecule has 0 spiro atoms. The van der Waals surface area contributed by atoms with Gasteiger partial charge in [0.15, 0.2) is 0 Å². The summed E-state index contributed by atoms with van der Waals surface area (Å²) in [5.74, 6) is -0.673. The first-order chi connectivity index (χ1) is 12.9. The van der Waals surface area contributed by atoms with Crippen molar-refractivity contribution in [2.24, 2.45) is 11.8 Å². The average Bonchev–Trinajstić information content (AvgIpc) is 3.28. The van der Waals surface area contributed by atoms with Gasteiger partial charge in [0.25, 0.3) is 0 Å². The summed E-state index contributed by atoms with van der Waals surface area (Å²) in [6.07, 6.45) is 4.99. The third-order valence-corrected chi connectivity index (χ3v) is 5.33. The highest BCUT2D eigenvalue weighted by Gasteiger charge is 2.39. The lowest BCUT2D eigenvalue weighted by Crippen LogP contribution is -2.44. The van der Waals surface area contributed by atoms with Crippen molar-refractivity contribution < 1.29 is 19.1 Å². The van der Waals surface area contributed by atoms with E-state index in [2.05, 4.69) is 5.10 Å². The first-order valence-electron chi connectivity index (χ1n) is 9.70. The molecule has 2 saturated heterocycles. The maximum Gasteiger partial charge on any atom is 0.309 e. The number of ether oxygens (including phenoxy) is 1. The summed E-state index contributed by atoms with van der Waals surface area (Å²) < 4.78 is 6.87. The molecule has 8 nitrogen and oxygen atoms in total. The SMILES string of the molecule is CCOC(=O)C1CCN(C(=O)C2CC(=O)N(c3cnn(C(C)C)c3)C2)CC1. The second-order valence-electron chi connectivity index (χ2n) is 7.53. The Morgan fingerprint density at radius 1 is 1.26 bits per heavy atom. The van der Waals surface area contributed by atoms with Gasteiger partial charge in [-0.05, 0) is 33.6 Å². The predicted octanol–water partition coefficient (Wildman–Crippen LogP) is 1.62. The van der Waals surface area contributed by atoms with Crippen molar-refractivity contribution in [3.05, 3.63) is 12.4 Å². The van der Waals surface area contributed by atoms with E-state index in [0.29, 0.717) is 39.1 Å². The summed E-state index contributed by atoms with van der Waals surface area (Å²) in [6, 6.07) is 0.217. The quantitative estimate of drug-likeness (QED) is 0.729. The van der Waals surface area contributed by atoms with Crippen molar-refractivity contribution in [1.82, 2.24) is 14.7 Å². The van der Waals surface area contributed by atoms with Crippen LogP contribution in [-0.4, -0.2) is 58.7 Å². The van der Waals surface area contributed by atoms with Gasteiger partial charge >= 0.3 is 5.97 Å². The fourth-order valence-corrected chi connectivity index (χ4v) is 3.73. The van der Waals surface area contributed by atoms with E-state index in [0.717, 1.165) is 5.69 Å². The van der Waals surface area contributed by atoms with E-state index < -0.39 is 0 Å². The zero-order chi connectivity index (χ0) is 19.6. The molecule has 2 aliphatic rings. The number of anilines is 1. The Labute approximate surface area is 159 Å². The van der Waals surface area contributed by atoms with Crippen LogP contribution in [0, 0.1) is 11.8 Å². The van der Waals surface area contributed by atoms with Crippen LogP contribution in [0.3, 0.4) is 0 Å². The zero-order valence-corrected chi connectivity index (χ0v) is 16.3. The lowest BCUT2D eigenvalue weighted by molar-refractivity contribution is -0.151. The van der Waals surface area contributed by atoms with Crippen molar-refractivity contribution in [3.63, 3.8) is 0 Å². The average molecular weight is 376 g/mol. The van der Waals surface area contributed by atoms with Crippen LogP contribution in [0.25, 0.3) is 0 Å². The highest BCUT2D eigenvalue weighted by atomic mass is 16.5. The first kappa shape index (κ1) is 19.4. The molecule has 1 aromatic rings. The van der Waals surface area contributed by atoms with Gasteiger partial charge in [0.2, 0.25) is 11.8 Å². The van der Waals surface area contributed by atoms with E-state index in [9.17, 15) is 14.4 Å². The number of aromatic nitrogens is 2. The van der Waals surface area contributed by atoms with Gasteiger partial charge in [0.1, 0.15) is 0 Å². The number of carbonyl (C=O) groups is 3. The van der Waals surface area contributed by atoms with E-state index in [-0.39, 0.29) is 42.1 Å². The van der Waals surface area contributed by atoms with Crippen LogP contribution in [0.4, 0.5) is 5.69 Å². The minimum atomic E-state index is -0.334. The number of esters is 1. The number of nitrogens with zero attached hydrogens (tertiary/aromatic N) is 4. The number of likely N-dealkylation sites (tertiary alicyclic amines) is 1. The van der Waals surface area contributed by atoms with Crippen molar-refractivity contribution in [1.29, 1.82) is 0 Å². The number of piperidine rings is 1. The van der Waals surface area contributed by atoms with Crippen molar-refractivity contribution in [2.45, 2.75) is 46.1 Å². The molecule has 0 aliphatic carbocycles. The Balaban J connectivity index is 1.57. The lowest BCUT2D eigenvalue weighted by atomic mass is 9.95. The van der Waals surface area contributed by atoms with E-state index >= 15 is 0 Å².